The number of nitrogens with one attached hydrogen (secondary N) is 1. The minimum Gasteiger partial charge on any atom is -0.312 e. The lowest BCUT2D eigenvalue weighted by atomic mass is 9.76. The molecule has 0 aliphatic heterocycles. The molecule has 1 heteroatoms. The van der Waals surface area contributed by atoms with Gasteiger partial charge in [-0.2, -0.15) is 0 Å². The highest BCUT2D eigenvalue weighted by atomic mass is 14.9. The van der Waals surface area contributed by atoms with Crippen molar-refractivity contribution in [3.63, 3.8) is 0 Å². The molecule has 0 atom stereocenters. The molecule has 1 fully saturated rings. The maximum Gasteiger partial charge on any atom is 0.0205 e. The molecule has 0 amide bonds. The van der Waals surface area contributed by atoms with E-state index in [1.165, 1.54) is 48.4 Å². The molecule has 20 heavy (non-hydrogen) atoms. The Kier molecular flexibility index (Phi) is 4.07. The number of rotatable bonds is 4. The van der Waals surface area contributed by atoms with E-state index >= 15 is 0 Å². The van der Waals surface area contributed by atoms with Gasteiger partial charge in [-0.25, -0.2) is 0 Å². The first-order chi connectivity index (χ1) is 9.75. The third kappa shape index (κ3) is 3.21. The SMILES string of the molecule is CC1(CNCc2ccc3ccccc3c2)CCCCC1. The Morgan fingerprint density at radius 1 is 0.950 bits per heavy atom. The summed E-state index contributed by atoms with van der Waals surface area (Å²) in [6.45, 7) is 4.58. The zero-order chi connectivity index (χ0) is 13.8. The lowest BCUT2D eigenvalue weighted by molar-refractivity contribution is 0.207. The van der Waals surface area contributed by atoms with Crippen molar-refractivity contribution in [2.45, 2.75) is 45.6 Å². The Bertz CT molecular complexity index is 567. The van der Waals surface area contributed by atoms with Gasteiger partial charge in [-0.05, 0) is 40.7 Å². The Labute approximate surface area is 122 Å². The quantitative estimate of drug-likeness (QED) is 0.830. The molecule has 0 heterocycles. The third-order valence-corrected chi connectivity index (χ3v) is 4.76. The molecule has 3 rings (SSSR count). The molecule has 2 aromatic rings. The van der Waals surface area contributed by atoms with Gasteiger partial charge in [0, 0.05) is 13.1 Å². The molecular weight excluding hydrogens is 242 g/mol. The second-order valence-corrected chi connectivity index (χ2v) is 6.66. The van der Waals surface area contributed by atoms with Crippen LogP contribution in [0.5, 0.6) is 0 Å². The normalized spacial score (nSPS) is 18.2. The number of fused-ring (bicyclic) bond motifs is 1. The molecular formula is C19H25N. The van der Waals surface area contributed by atoms with E-state index in [4.69, 9.17) is 0 Å². The van der Waals surface area contributed by atoms with Crippen molar-refractivity contribution >= 4 is 10.8 Å². The summed E-state index contributed by atoms with van der Waals surface area (Å²) in [5.41, 5.74) is 1.91. The minimum atomic E-state index is 0.523. The van der Waals surface area contributed by atoms with Gasteiger partial charge >= 0.3 is 0 Å². The molecule has 0 bridgehead atoms. The van der Waals surface area contributed by atoms with Crippen LogP contribution in [0.1, 0.15) is 44.6 Å². The van der Waals surface area contributed by atoms with Crippen molar-refractivity contribution in [3.8, 4) is 0 Å². The second-order valence-electron chi connectivity index (χ2n) is 6.66. The first-order valence-electron chi connectivity index (χ1n) is 7.94. The number of benzene rings is 2. The molecule has 0 spiro atoms. The first kappa shape index (κ1) is 13.6. The highest BCUT2D eigenvalue weighted by Crippen LogP contribution is 2.34. The topological polar surface area (TPSA) is 12.0 Å². The molecule has 0 unspecified atom stereocenters. The van der Waals surface area contributed by atoms with Crippen molar-refractivity contribution in [2.75, 3.05) is 6.54 Å². The fraction of sp³-hybridized carbons (Fsp3) is 0.474. The molecule has 1 aliphatic rings. The van der Waals surface area contributed by atoms with E-state index < -0.39 is 0 Å². The summed E-state index contributed by atoms with van der Waals surface area (Å²) in [6, 6.07) is 15.4. The Morgan fingerprint density at radius 2 is 1.70 bits per heavy atom. The van der Waals surface area contributed by atoms with E-state index in [9.17, 15) is 0 Å². The average Bonchev–Trinajstić information content (AvgIpc) is 2.48. The van der Waals surface area contributed by atoms with Crippen LogP contribution in [0, 0.1) is 5.41 Å². The number of hydrogen-bond acceptors (Lipinski definition) is 1. The Hall–Kier alpha value is -1.34. The van der Waals surface area contributed by atoms with Crippen LogP contribution in [0.3, 0.4) is 0 Å². The lowest BCUT2D eigenvalue weighted by Crippen LogP contribution is -2.33. The number of hydrogen-bond donors (Lipinski definition) is 1. The van der Waals surface area contributed by atoms with Gasteiger partial charge in [-0.15, -0.1) is 0 Å². The Balaban J connectivity index is 1.59. The van der Waals surface area contributed by atoms with E-state index in [0.717, 1.165) is 13.1 Å². The summed E-state index contributed by atoms with van der Waals surface area (Å²) in [6.07, 6.45) is 7.03. The predicted octanol–water partition coefficient (Wildman–Crippen LogP) is 4.90. The van der Waals surface area contributed by atoms with Crippen LogP contribution in [0.25, 0.3) is 10.8 Å². The second kappa shape index (κ2) is 5.97. The summed E-state index contributed by atoms with van der Waals surface area (Å²) < 4.78 is 0. The van der Waals surface area contributed by atoms with Crippen LogP contribution < -0.4 is 5.32 Å². The van der Waals surface area contributed by atoms with Crippen LogP contribution in [0.15, 0.2) is 42.5 Å². The van der Waals surface area contributed by atoms with Gasteiger partial charge in [0.15, 0.2) is 0 Å². The molecule has 1 nitrogen and oxygen atoms in total. The zero-order valence-electron chi connectivity index (χ0n) is 12.5. The van der Waals surface area contributed by atoms with Crippen LogP contribution in [0.4, 0.5) is 0 Å². The molecule has 1 N–H and O–H groups in total. The monoisotopic (exact) mass is 267 g/mol. The van der Waals surface area contributed by atoms with Gasteiger partial charge in [0.05, 0.1) is 0 Å². The molecule has 1 saturated carbocycles. The molecule has 0 saturated heterocycles. The summed E-state index contributed by atoms with van der Waals surface area (Å²) in [7, 11) is 0. The largest absolute Gasteiger partial charge is 0.312 e. The van der Waals surface area contributed by atoms with Crippen molar-refractivity contribution in [2.24, 2.45) is 5.41 Å². The lowest BCUT2D eigenvalue weighted by Gasteiger charge is -2.33. The van der Waals surface area contributed by atoms with Crippen LogP contribution in [-0.2, 0) is 6.54 Å². The summed E-state index contributed by atoms with van der Waals surface area (Å²) in [4.78, 5) is 0. The summed E-state index contributed by atoms with van der Waals surface area (Å²) in [5, 5.41) is 6.35. The van der Waals surface area contributed by atoms with Crippen molar-refractivity contribution in [3.05, 3.63) is 48.0 Å². The Morgan fingerprint density at radius 3 is 2.50 bits per heavy atom. The third-order valence-electron chi connectivity index (χ3n) is 4.76. The van der Waals surface area contributed by atoms with Gasteiger partial charge in [0.2, 0.25) is 0 Å². The van der Waals surface area contributed by atoms with Crippen molar-refractivity contribution in [1.29, 1.82) is 0 Å². The van der Waals surface area contributed by atoms with Crippen molar-refractivity contribution < 1.29 is 0 Å². The molecule has 106 valence electrons. The fourth-order valence-electron chi connectivity index (χ4n) is 3.44. The van der Waals surface area contributed by atoms with Gasteiger partial charge < -0.3 is 5.32 Å². The van der Waals surface area contributed by atoms with Gasteiger partial charge in [0.1, 0.15) is 0 Å². The van der Waals surface area contributed by atoms with Gasteiger partial charge in [-0.3, -0.25) is 0 Å². The van der Waals surface area contributed by atoms with Gasteiger partial charge in [0.25, 0.3) is 0 Å². The van der Waals surface area contributed by atoms with E-state index in [2.05, 4.69) is 54.7 Å². The highest BCUT2D eigenvalue weighted by molar-refractivity contribution is 5.82. The smallest absolute Gasteiger partial charge is 0.0205 e. The summed E-state index contributed by atoms with van der Waals surface area (Å²) in [5.74, 6) is 0. The predicted molar refractivity (Wildman–Crippen MR) is 86.8 cm³/mol. The highest BCUT2D eigenvalue weighted by Gasteiger charge is 2.25. The standard InChI is InChI=1S/C19H25N/c1-19(11-5-2-6-12-19)15-20-14-16-9-10-17-7-3-4-8-18(17)13-16/h3-4,7-10,13,20H,2,5-6,11-12,14-15H2,1H3. The van der Waals surface area contributed by atoms with E-state index in [0.29, 0.717) is 5.41 Å². The molecule has 2 aromatic carbocycles. The van der Waals surface area contributed by atoms with E-state index in [1.54, 1.807) is 0 Å². The first-order valence-corrected chi connectivity index (χ1v) is 7.94. The molecule has 0 aromatic heterocycles. The van der Waals surface area contributed by atoms with Crippen molar-refractivity contribution in [1.82, 2.24) is 5.32 Å². The fourth-order valence-corrected chi connectivity index (χ4v) is 3.44. The van der Waals surface area contributed by atoms with Crippen LogP contribution >= 0.6 is 0 Å². The van der Waals surface area contributed by atoms with Gasteiger partial charge in [-0.1, -0.05) is 62.6 Å². The average molecular weight is 267 g/mol. The summed E-state index contributed by atoms with van der Waals surface area (Å²) >= 11 is 0. The van der Waals surface area contributed by atoms with Crippen LogP contribution in [-0.4, -0.2) is 6.54 Å². The molecule has 0 radical (unpaired) electrons. The molecule has 1 aliphatic carbocycles. The maximum absolute atomic E-state index is 3.68. The minimum absolute atomic E-state index is 0.523. The zero-order valence-corrected chi connectivity index (χ0v) is 12.5. The van der Waals surface area contributed by atoms with E-state index in [-0.39, 0.29) is 0 Å². The van der Waals surface area contributed by atoms with E-state index in [1.807, 2.05) is 0 Å². The van der Waals surface area contributed by atoms with Crippen LogP contribution in [0.2, 0.25) is 0 Å². The maximum atomic E-state index is 3.68.